The predicted octanol–water partition coefficient (Wildman–Crippen LogP) is 2.03. The van der Waals surface area contributed by atoms with Crippen LogP contribution in [0.5, 0.6) is 0 Å². The van der Waals surface area contributed by atoms with E-state index in [1.54, 1.807) is 0 Å². The lowest BCUT2D eigenvalue weighted by Gasteiger charge is -2.19. The first-order valence-corrected chi connectivity index (χ1v) is 6.48. The summed E-state index contributed by atoms with van der Waals surface area (Å²) in [5.41, 5.74) is 0.992. The van der Waals surface area contributed by atoms with Crippen molar-refractivity contribution in [1.82, 2.24) is 9.88 Å². The predicted molar refractivity (Wildman–Crippen MR) is 65.7 cm³/mol. The summed E-state index contributed by atoms with van der Waals surface area (Å²) in [7, 11) is 0. The lowest BCUT2D eigenvalue weighted by Crippen LogP contribution is -2.27. The average Bonchev–Trinajstić information content (AvgIpc) is 3.07. The second-order valence-electron chi connectivity index (χ2n) is 4.88. The average molecular weight is 238 g/mol. The summed E-state index contributed by atoms with van der Waals surface area (Å²) >= 11 is 0. The van der Waals surface area contributed by atoms with E-state index in [1.807, 2.05) is 13.8 Å². The molecule has 1 fully saturated rings. The maximum absolute atomic E-state index is 8.81. The third kappa shape index (κ3) is 3.54. The molecule has 0 radical (unpaired) electrons. The number of aryl methyl sites for hydroxylation is 2. The standard InChI is InChI=1S/C13H22N2O2/c1-10-11(2)17-13(14-10)9-15(12-5-6-12)7-3-4-8-16/h12,16H,3-9H2,1-2H3. The molecule has 0 amide bonds. The molecule has 0 bridgehead atoms. The highest BCUT2D eigenvalue weighted by atomic mass is 16.4. The highest BCUT2D eigenvalue weighted by molar-refractivity contribution is 5.05. The summed E-state index contributed by atoms with van der Waals surface area (Å²) in [5.74, 6) is 1.75. The van der Waals surface area contributed by atoms with Crippen molar-refractivity contribution in [3.8, 4) is 0 Å². The van der Waals surface area contributed by atoms with Gasteiger partial charge in [-0.05, 0) is 46.1 Å². The van der Waals surface area contributed by atoms with Gasteiger partial charge < -0.3 is 9.52 Å². The Labute approximate surface area is 103 Å². The fourth-order valence-electron chi connectivity index (χ4n) is 2.04. The van der Waals surface area contributed by atoms with Crippen LogP contribution in [0.1, 0.15) is 43.0 Å². The van der Waals surface area contributed by atoms with Gasteiger partial charge in [-0.2, -0.15) is 0 Å². The Bertz CT molecular complexity index is 339. The topological polar surface area (TPSA) is 49.5 Å². The molecule has 1 aliphatic carbocycles. The zero-order valence-electron chi connectivity index (χ0n) is 10.8. The Hall–Kier alpha value is -0.870. The van der Waals surface area contributed by atoms with Gasteiger partial charge in [0.1, 0.15) is 5.76 Å². The van der Waals surface area contributed by atoms with Crippen molar-refractivity contribution in [1.29, 1.82) is 0 Å². The maximum atomic E-state index is 8.81. The van der Waals surface area contributed by atoms with Gasteiger partial charge in [0.25, 0.3) is 0 Å². The molecule has 4 nitrogen and oxygen atoms in total. The van der Waals surface area contributed by atoms with Gasteiger partial charge in [0.2, 0.25) is 5.89 Å². The van der Waals surface area contributed by atoms with E-state index in [0.717, 1.165) is 43.3 Å². The lowest BCUT2D eigenvalue weighted by atomic mass is 10.3. The summed E-state index contributed by atoms with van der Waals surface area (Å²) in [5, 5.41) is 8.81. The van der Waals surface area contributed by atoms with Gasteiger partial charge in [-0.3, -0.25) is 4.90 Å². The molecule has 0 aromatic carbocycles. The van der Waals surface area contributed by atoms with Crippen molar-refractivity contribution in [3.63, 3.8) is 0 Å². The number of aliphatic hydroxyl groups is 1. The van der Waals surface area contributed by atoms with E-state index in [4.69, 9.17) is 9.52 Å². The minimum atomic E-state index is 0.287. The Morgan fingerprint density at radius 1 is 1.35 bits per heavy atom. The van der Waals surface area contributed by atoms with Crippen LogP contribution in [0.25, 0.3) is 0 Å². The minimum absolute atomic E-state index is 0.287. The van der Waals surface area contributed by atoms with Crippen LogP contribution in [0.15, 0.2) is 4.42 Å². The monoisotopic (exact) mass is 238 g/mol. The van der Waals surface area contributed by atoms with Gasteiger partial charge in [0.05, 0.1) is 12.2 Å². The molecule has 4 heteroatoms. The van der Waals surface area contributed by atoms with Crippen molar-refractivity contribution in [2.75, 3.05) is 13.2 Å². The van der Waals surface area contributed by atoms with Crippen molar-refractivity contribution in [3.05, 3.63) is 17.3 Å². The van der Waals surface area contributed by atoms with Gasteiger partial charge in [-0.15, -0.1) is 0 Å². The Kier molecular flexibility index (Phi) is 4.18. The van der Waals surface area contributed by atoms with E-state index in [2.05, 4.69) is 9.88 Å². The Morgan fingerprint density at radius 3 is 2.65 bits per heavy atom. The SMILES string of the molecule is Cc1nc(CN(CCCCO)C2CC2)oc1C. The molecule has 1 heterocycles. The summed E-state index contributed by atoms with van der Waals surface area (Å²) in [4.78, 5) is 6.86. The molecule has 2 rings (SSSR count). The zero-order chi connectivity index (χ0) is 12.3. The minimum Gasteiger partial charge on any atom is -0.444 e. The molecule has 96 valence electrons. The Balaban J connectivity index is 1.88. The lowest BCUT2D eigenvalue weighted by molar-refractivity contribution is 0.211. The first-order valence-electron chi connectivity index (χ1n) is 6.48. The highest BCUT2D eigenvalue weighted by Crippen LogP contribution is 2.28. The fourth-order valence-corrected chi connectivity index (χ4v) is 2.04. The number of aromatic nitrogens is 1. The van der Waals surface area contributed by atoms with E-state index in [-0.39, 0.29) is 6.61 Å². The van der Waals surface area contributed by atoms with Crippen LogP contribution in [0, 0.1) is 13.8 Å². The van der Waals surface area contributed by atoms with Crippen molar-refractivity contribution in [2.24, 2.45) is 0 Å². The van der Waals surface area contributed by atoms with E-state index in [1.165, 1.54) is 12.8 Å². The largest absolute Gasteiger partial charge is 0.444 e. The molecular formula is C13H22N2O2. The molecule has 1 aromatic heterocycles. The number of hydrogen-bond acceptors (Lipinski definition) is 4. The second-order valence-corrected chi connectivity index (χ2v) is 4.88. The van der Waals surface area contributed by atoms with Gasteiger partial charge >= 0.3 is 0 Å². The number of oxazole rings is 1. The van der Waals surface area contributed by atoms with Crippen molar-refractivity contribution in [2.45, 2.75) is 52.1 Å². The van der Waals surface area contributed by atoms with Crippen LogP contribution in [0.4, 0.5) is 0 Å². The summed E-state index contributed by atoms with van der Waals surface area (Å²) in [6.07, 6.45) is 4.51. The molecule has 0 saturated heterocycles. The first-order chi connectivity index (χ1) is 8.20. The van der Waals surface area contributed by atoms with E-state index < -0.39 is 0 Å². The van der Waals surface area contributed by atoms with E-state index >= 15 is 0 Å². The Morgan fingerprint density at radius 2 is 2.12 bits per heavy atom. The normalized spacial score (nSPS) is 15.8. The molecule has 0 atom stereocenters. The maximum Gasteiger partial charge on any atom is 0.208 e. The zero-order valence-corrected chi connectivity index (χ0v) is 10.8. The number of rotatable bonds is 7. The van der Waals surface area contributed by atoms with Crippen LogP contribution in [-0.4, -0.2) is 34.2 Å². The number of hydrogen-bond donors (Lipinski definition) is 1. The van der Waals surface area contributed by atoms with E-state index in [0.29, 0.717) is 6.04 Å². The quantitative estimate of drug-likeness (QED) is 0.738. The molecule has 1 N–H and O–H groups in total. The summed E-state index contributed by atoms with van der Waals surface area (Å²) < 4.78 is 5.63. The van der Waals surface area contributed by atoms with Crippen LogP contribution >= 0.6 is 0 Å². The first kappa shape index (κ1) is 12.6. The van der Waals surface area contributed by atoms with Gasteiger partial charge in [0, 0.05) is 12.6 Å². The fraction of sp³-hybridized carbons (Fsp3) is 0.769. The van der Waals surface area contributed by atoms with Gasteiger partial charge in [-0.1, -0.05) is 0 Å². The van der Waals surface area contributed by atoms with Gasteiger partial charge in [-0.25, -0.2) is 4.98 Å². The van der Waals surface area contributed by atoms with Crippen LogP contribution in [0.3, 0.4) is 0 Å². The third-order valence-electron chi connectivity index (χ3n) is 3.33. The third-order valence-corrected chi connectivity index (χ3v) is 3.33. The van der Waals surface area contributed by atoms with E-state index in [9.17, 15) is 0 Å². The van der Waals surface area contributed by atoms with Gasteiger partial charge in [0.15, 0.2) is 0 Å². The number of nitrogens with zero attached hydrogens (tertiary/aromatic N) is 2. The van der Waals surface area contributed by atoms with Crippen LogP contribution < -0.4 is 0 Å². The van der Waals surface area contributed by atoms with Crippen molar-refractivity contribution < 1.29 is 9.52 Å². The summed E-state index contributed by atoms with van der Waals surface area (Å²) in [6, 6.07) is 0.709. The molecule has 1 aliphatic rings. The smallest absolute Gasteiger partial charge is 0.208 e. The van der Waals surface area contributed by atoms with Crippen LogP contribution in [-0.2, 0) is 6.54 Å². The van der Waals surface area contributed by atoms with Crippen molar-refractivity contribution >= 4 is 0 Å². The molecule has 0 spiro atoms. The molecule has 1 aromatic rings. The molecular weight excluding hydrogens is 216 g/mol. The molecule has 17 heavy (non-hydrogen) atoms. The number of aliphatic hydroxyl groups excluding tert-OH is 1. The molecule has 0 aliphatic heterocycles. The number of unbranched alkanes of at least 4 members (excludes halogenated alkanes) is 1. The second kappa shape index (κ2) is 5.65. The highest BCUT2D eigenvalue weighted by Gasteiger charge is 2.29. The molecule has 0 unspecified atom stereocenters. The summed E-state index contributed by atoms with van der Waals surface area (Å²) in [6.45, 7) is 6.07. The van der Waals surface area contributed by atoms with Crippen LogP contribution in [0.2, 0.25) is 0 Å². The molecule has 1 saturated carbocycles.